The topological polar surface area (TPSA) is 43.5 Å². The van der Waals surface area contributed by atoms with Crippen LogP contribution in [0.3, 0.4) is 0 Å². The largest absolute Gasteiger partial charge is 0.491 e. The van der Waals surface area contributed by atoms with Gasteiger partial charge < -0.3 is 18.9 Å². The third kappa shape index (κ3) is 4.77. The van der Waals surface area contributed by atoms with Gasteiger partial charge in [-0.25, -0.2) is 0 Å². The van der Waals surface area contributed by atoms with Crippen LogP contribution in [0.4, 0.5) is 0 Å². The maximum atomic E-state index is 5.93. The fourth-order valence-corrected chi connectivity index (χ4v) is 3.77. The molecule has 2 fully saturated rings. The van der Waals surface area contributed by atoms with E-state index >= 15 is 0 Å². The summed E-state index contributed by atoms with van der Waals surface area (Å²) in [7, 11) is 0. The summed E-state index contributed by atoms with van der Waals surface area (Å²) in [4.78, 5) is 0. The Kier molecular flexibility index (Phi) is 5.60. The first-order chi connectivity index (χ1) is 14.8. The zero-order valence-electron chi connectivity index (χ0n) is 17.4. The molecule has 0 spiro atoms. The molecule has 0 amide bonds. The Morgan fingerprint density at radius 3 is 2.30 bits per heavy atom. The van der Waals surface area contributed by atoms with Gasteiger partial charge >= 0.3 is 0 Å². The van der Waals surface area contributed by atoms with Crippen LogP contribution in [-0.4, -0.2) is 38.6 Å². The van der Waals surface area contributed by atoms with Crippen LogP contribution >= 0.6 is 0 Å². The highest BCUT2D eigenvalue weighted by Crippen LogP contribution is 2.33. The van der Waals surface area contributed by atoms with Crippen molar-refractivity contribution in [2.75, 3.05) is 26.4 Å². The maximum absolute atomic E-state index is 5.93. The maximum Gasteiger partial charge on any atom is 0.122 e. The monoisotopic (exact) mass is 404 g/mol. The van der Waals surface area contributed by atoms with Crippen molar-refractivity contribution >= 4 is 5.57 Å². The third-order valence-corrected chi connectivity index (χ3v) is 5.85. The van der Waals surface area contributed by atoms with Crippen molar-refractivity contribution in [1.29, 1.82) is 0 Å². The minimum absolute atomic E-state index is 0.281. The Morgan fingerprint density at radius 2 is 1.67 bits per heavy atom. The van der Waals surface area contributed by atoms with Crippen molar-refractivity contribution in [1.82, 2.24) is 0 Å². The van der Waals surface area contributed by atoms with Crippen molar-refractivity contribution in [3.63, 3.8) is 0 Å². The van der Waals surface area contributed by atoms with E-state index in [2.05, 4.69) is 67.6 Å². The number of aryl methyl sites for hydroxylation is 1. The minimum Gasteiger partial charge on any atom is -0.491 e. The predicted molar refractivity (Wildman–Crippen MR) is 117 cm³/mol. The molecule has 30 heavy (non-hydrogen) atoms. The van der Waals surface area contributed by atoms with Gasteiger partial charge in [0.15, 0.2) is 0 Å². The molecule has 2 aromatic rings. The quantitative estimate of drug-likeness (QED) is 0.556. The number of rotatable bonds is 9. The van der Waals surface area contributed by atoms with Gasteiger partial charge in [-0.2, -0.15) is 0 Å². The lowest BCUT2D eigenvalue weighted by Crippen LogP contribution is -2.06. The summed E-state index contributed by atoms with van der Waals surface area (Å²) in [5.41, 5.74) is 5.10. The molecule has 2 heterocycles. The van der Waals surface area contributed by atoms with E-state index in [9.17, 15) is 0 Å². The van der Waals surface area contributed by atoms with Gasteiger partial charge in [0.1, 0.15) is 36.9 Å². The first-order valence-electron chi connectivity index (χ1n) is 10.9. The lowest BCUT2D eigenvalue weighted by molar-refractivity contribution is 0.261. The van der Waals surface area contributed by atoms with Crippen molar-refractivity contribution in [3.05, 3.63) is 77.4 Å². The summed E-state index contributed by atoms with van der Waals surface area (Å²) in [5, 5.41) is 0. The highest BCUT2D eigenvalue weighted by atomic mass is 16.6. The second-order valence-corrected chi connectivity index (χ2v) is 8.14. The van der Waals surface area contributed by atoms with Gasteiger partial charge in [0.25, 0.3) is 0 Å². The third-order valence-electron chi connectivity index (χ3n) is 5.85. The highest BCUT2D eigenvalue weighted by Gasteiger charge is 2.24. The molecule has 2 aromatic carbocycles. The van der Waals surface area contributed by atoms with Crippen LogP contribution in [0.5, 0.6) is 11.5 Å². The van der Waals surface area contributed by atoms with Gasteiger partial charge in [-0.05, 0) is 59.4 Å². The zero-order valence-corrected chi connectivity index (χ0v) is 17.4. The molecule has 3 atom stereocenters. The Morgan fingerprint density at radius 1 is 0.933 bits per heavy atom. The Balaban J connectivity index is 1.21. The van der Waals surface area contributed by atoms with E-state index in [4.69, 9.17) is 18.9 Å². The summed E-state index contributed by atoms with van der Waals surface area (Å²) in [6.45, 7) is 5.11. The Bertz CT molecular complexity index is 936. The lowest BCUT2D eigenvalue weighted by Gasteiger charge is -2.18. The molecule has 2 aliphatic heterocycles. The van der Waals surface area contributed by atoms with Gasteiger partial charge in [0.05, 0.1) is 13.2 Å². The first kappa shape index (κ1) is 19.4. The van der Waals surface area contributed by atoms with Crippen LogP contribution in [0.1, 0.15) is 36.0 Å². The van der Waals surface area contributed by atoms with Gasteiger partial charge in [0, 0.05) is 5.92 Å². The van der Waals surface area contributed by atoms with Crippen LogP contribution < -0.4 is 9.47 Å². The number of hydrogen-bond acceptors (Lipinski definition) is 4. The Labute approximate surface area is 178 Å². The molecule has 156 valence electrons. The van der Waals surface area contributed by atoms with E-state index in [1.54, 1.807) is 0 Å². The Hall–Kier alpha value is -2.56. The second kappa shape index (κ2) is 8.66. The molecule has 0 saturated carbocycles. The van der Waals surface area contributed by atoms with Crippen LogP contribution in [0, 0.1) is 0 Å². The van der Waals surface area contributed by atoms with Gasteiger partial charge in [0.2, 0.25) is 0 Å². The van der Waals surface area contributed by atoms with Crippen LogP contribution in [0.25, 0.3) is 5.57 Å². The molecule has 0 radical (unpaired) electrons. The van der Waals surface area contributed by atoms with Crippen LogP contribution in [0.15, 0.2) is 60.7 Å². The second-order valence-electron chi connectivity index (χ2n) is 8.14. The van der Waals surface area contributed by atoms with Crippen molar-refractivity contribution in [2.45, 2.75) is 37.9 Å². The fraction of sp³-hybridized carbons (Fsp3) is 0.385. The van der Waals surface area contributed by atoms with E-state index in [0.29, 0.717) is 19.1 Å². The summed E-state index contributed by atoms with van der Waals surface area (Å²) < 4.78 is 22.1. The van der Waals surface area contributed by atoms with Crippen molar-refractivity contribution in [3.8, 4) is 11.5 Å². The molecule has 5 rings (SSSR count). The summed E-state index contributed by atoms with van der Waals surface area (Å²) in [6.07, 6.45) is 9.42. The van der Waals surface area contributed by atoms with Crippen molar-refractivity contribution < 1.29 is 18.9 Å². The first-order valence-corrected chi connectivity index (χ1v) is 10.9. The standard InChI is InChI=1S/C26H28O4/c1-2-18-13-22(9-12-26(18)30-17-25-16-29-25)21-5-3-19(4-6-21)20-7-10-23(11-8-20)27-14-24-15-28-24/h3,5-13,19,24-25H,2,4,14-17H2,1H3. The predicted octanol–water partition coefficient (Wildman–Crippen LogP) is 4.93. The highest BCUT2D eigenvalue weighted by molar-refractivity contribution is 5.76. The summed E-state index contributed by atoms with van der Waals surface area (Å²) >= 11 is 0. The van der Waals surface area contributed by atoms with Gasteiger partial charge in [-0.1, -0.05) is 43.4 Å². The SMILES string of the molecule is CCc1cc(C2=CCC(c3ccc(OCC4CO4)cc3)C=C2)ccc1OCC1CO1. The number of hydrogen-bond donors (Lipinski definition) is 0. The normalized spacial score (nSPS) is 24.3. The van der Waals surface area contributed by atoms with E-state index in [-0.39, 0.29) is 12.2 Å². The molecule has 0 N–H and O–H groups in total. The molecule has 0 aromatic heterocycles. The van der Waals surface area contributed by atoms with Crippen LogP contribution in [0.2, 0.25) is 0 Å². The summed E-state index contributed by atoms with van der Waals surface area (Å²) in [5.74, 6) is 2.29. The van der Waals surface area contributed by atoms with E-state index in [1.165, 1.54) is 22.3 Å². The smallest absolute Gasteiger partial charge is 0.122 e. The average Bonchev–Trinajstić information content (AvgIpc) is 3.72. The average molecular weight is 405 g/mol. The number of ether oxygens (including phenoxy) is 4. The molecule has 0 bridgehead atoms. The van der Waals surface area contributed by atoms with Gasteiger partial charge in [-0.3, -0.25) is 0 Å². The minimum atomic E-state index is 0.281. The molecule has 4 nitrogen and oxygen atoms in total. The molecular weight excluding hydrogens is 376 g/mol. The molecular formula is C26H28O4. The molecule has 1 aliphatic carbocycles. The van der Waals surface area contributed by atoms with Gasteiger partial charge in [-0.15, -0.1) is 0 Å². The van der Waals surface area contributed by atoms with E-state index in [1.807, 2.05) is 0 Å². The summed E-state index contributed by atoms with van der Waals surface area (Å²) in [6, 6.07) is 15.0. The molecule has 4 heteroatoms. The van der Waals surface area contributed by atoms with E-state index < -0.39 is 0 Å². The lowest BCUT2D eigenvalue weighted by atomic mass is 9.88. The molecule has 3 aliphatic rings. The van der Waals surface area contributed by atoms with E-state index in [0.717, 1.165) is 37.6 Å². The number of epoxide rings is 2. The molecule has 3 unspecified atom stereocenters. The number of benzene rings is 2. The zero-order chi connectivity index (χ0) is 20.3. The fourth-order valence-electron chi connectivity index (χ4n) is 3.77. The van der Waals surface area contributed by atoms with Crippen molar-refractivity contribution in [2.24, 2.45) is 0 Å². The number of allylic oxidation sites excluding steroid dienone is 4. The van der Waals surface area contributed by atoms with Crippen LogP contribution in [-0.2, 0) is 15.9 Å². The molecule has 2 saturated heterocycles.